The van der Waals surface area contributed by atoms with Crippen molar-refractivity contribution in [3.8, 4) is 0 Å². The molecule has 1 amide bonds. The number of thioether (sulfide) groups is 1. The number of anilines is 1. The molecule has 0 unspecified atom stereocenters. The number of benzene rings is 3. The summed E-state index contributed by atoms with van der Waals surface area (Å²) in [5.74, 6) is -0.110. The van der Waals surface area contributed by atoms with Crippen molar-refractivity contribution < 1.29 is 14.0 Å². The van der Waals surface area contributed by atoms with Gasteiger partial charge in [-0.05, 0) is 53.4 Å². The van der Waals surface area contributed by atoms with Gasteiger partial charge in [0.25, 0.3) is 0 Å². The zero-order valence-corrected chi connectivity index (χ0v) is 19.7. The Morgan fingerprint density at radius 3 is 2.55 bits per heavy atom. The topological polar surface area (TPSA) is 63.4 Å². The normalized spacial score (nSPS) is 16.8. The zero-order valence-electron chi connectivity index (χ0n) is 18.1. The minimum atomic E-state index is -0.632. The number of carbonyl (C=O) groups is 2. The third-order valence-corrected chi connectivity index (χ3v) is 7.19. The van der Waals surface area contributed by atoms with Gasteiger partial charge in [0.2, 0.25) is 5.91 Å². The van der Waals surface area contributed by atoms with Crippen molar-refractivity contribution in [3.05, 3.63) is 94.3 Å². The van der Waals surface area contributed by atoms with E-state index in [1.54, 1.807) is 41.3 Å². The van der Waals surface area contributed by atoms with Gasteiger partial charge >= 0.3 is 0 Å². The number of nitrogens with two attached hydrogens (primary N) is 1. The van der Waals surface area contributed by atoms with Gasteiger partial charge in [0.1, 0.15) is 5.82 Å². The van der Waals surface area contributed by atoms with Gasteiger partial charge in [0.15, 0.2) is 5.78 Å². The molecule has 0 saturated carbocycles. The SMILES string of the molecule is C[C@@H](CC(=O)c1ccc2c(c1)N(Cc1ccc(Cl)cc1)C(=O)[C@@H](N)CS2)c1ccc(F)cc1. The number of rotatable bonds is 6. The summed E-state index contributed by atoms with van der Waals surface area (Å²) in [6.45, 7) is 2.28. The summed E-state index contributed by atoms with van der Waals surface area (Å²) < 4.78 is 13.2. The van der Waals surface area contributed by atoms with Crippen LogP contribution in [0.2, 0.25) is 5.02 Å². The molecule has 0 spiro atoms. The number of Topliss-reactive ketones (excluding diaryl/α,β-unsaturated/α-hetero) is 1. The van der Waals surface area contributed by atoms with E-state index in [9.17, 15) is 14.0 Å². The lowest BCUT2D eigenvalue weighted by Crippen LogP contribution is -2.44. The minimum absolute atomic E-state index is 0.0351. The van der Waals surface area contributed by atoms with Crippen LogP contribution in [0.15, 0.2) is 71.6 Å². The second-order valence-corrected chi connectivity index (χ2v) is 9.73. The highest BCUT2D eigenvalue weighted by atomic mass is 35.5. The molecule has 2 N–H and O–H groups in total. The number of carbonyl (C=O) groups excluding carboxylic acids is 2. The van der Waals surface area contributed by atoms with Crippen LogP contribution in [0.3, 0.4) is 0 Å². The van der Waals surface area contributed by atoms with E-state index in [2.05, 4.69) is 0 Å². The van der Waals surface area contributed by atoms with Crippen LogP contribution in [-0.2, 0) is 11.3 Å². The van der Waals surface area contributed by atoms with Gasteiger partial charge in [-0.2, -0.15) is 0 Å². The maximum absolute atomic E-state index is 13.2. The third kappa shape index (κ3) is 5.46. The summed E-state index contributed by atoms with van der Waals surface area (Å²) >= 11 is 7.52. The Morgan fingerprint density at radius 1 is 1.15 bits per heavy atom. The van der Waals surface area contributed by atoms with E-state index in [1.807, 2.05) is 25.1 Å². The highest BCUT2D eigenvalue weighted by Gasteiger charge is 2.29. The zero-order chi connectivity index (χ0) is 23.5. The van der Waals surface area contributed by atoms with E-state index < -0.39 is 6.04 Å². The summed E-state index contributed by atoms with van der Waals surface area (Å²) in [6.07, 6.45) is 0.280. The van der Waals surface area contributed by atoms with Crippen LogP contribution in [0.4, 0.5) is 10.1 Å². The molecule has 0 radical (unpaired) electrons. The number of hydrogen-bond donors (Lipinski definition) is 1. The summed E-state index contributed by atoms with van der Waals surface area (Å²) in [5.41, 5.74) is 9.18. The second-order valence-electron chi connectivity index (χ2n) is 8.23. The molecule has 1 aliphatic heterocycles. The third-order valence-electron chi connectivity index (χ3n) is 5.76. The number of halogens is 2. The molecular formula is C26H24ClFN2O2S. The van der Waals surface area contributed by atoms with Gasteiger partial charge in [-0.3, -0.25) is 9.59 Å². The van der Waals surface area contributed by atoms with Crippen molar-refractivity contribution in [2.75, 3.05) is 10.7 Å². The fourth-order valence-corrected chi connectivity index (χ4v) is 4.94. The van der Waals surface area contributed by atoms with Crippen LogP contribution < -0.4 is 10.6 Å². The van der Waals surface area contributed by atoms with Gasteiger partial charge in [0.05, 0.1) is 18.3 Å². The van der Waals surface area contributed by atoms with E-state index in [4.69, 9.17) is 17.3 Å². The molecule has 0 bridgehead atoms. The predicted molar refractivity (Wildman–Crippen MR) is 132 cm³/mol. The van der Waals surface area contributed by atoms with Crippen LogP contribution in [0.25, 0.3) is 0 Å². The van der Waals surface area contributed by atoms with Gasteiger partial charge < -0.3 is 10.6 Å². The van der Waals surface area contributed by atoms with Gasteiger partial charge in [-0.25, -0.2) is 4.39 Å². The van der Waals surface area contributed by atoms with Crippen LogP contribution >= 0.6 is 23.4 Å². The van der Waals surface area contributed by atoms with Gasteiger partial charge in [0, 0.05) is 27.7 Å². The first-order valence-electron chi connectivity index (χ1n) is 10.7. The Morgan fingerprint density at radius 2 is 1.85 bits per heavy atom. The maximum atomic E-state index is 13.2. The summed E-state index contributed by atoms with van der Waals surface area (Å²) in [7, 11) is 0. The van der Waals surface area contributed by atoms with E-state index in [1.165, 1.54) is 23.9 Å². The van der Waals surface area contributed by atoms with Crippen LogP contribution in [0.1, 0.15) is 40.7 Å². The average Bonchev–Trinajstić information content (AvgIpc) is 2.92. The van der Waals surface area contributed by atoms with Gasteiger partial charge in [-0.15, -0.1) is 11.8 Å². The van der Waals surface area contributed by atoms with Crippen molar-refractivity contribution in [1.29, 1.82) is 0 Å². The molecule has 0 aliphatic carbocycles. The van der Waals surface area contributed by atoms with E-state index in [0.29, 0.717) is 28.6 Å². The Kier molecular flexibility index (Phi) is 7.17. The minimum Gasteiger partial charge on any atom is -0.319 e. The van der Waals surface area contributed by atoms with Crippen LogP contribution in [0.5, 0.6) is 0 Å². The number of nitrogens with zero attached hydrogens (tertiary/aromatic N) is 1. The first-order valence-corrected chi connectivity index (χ1v) is 12.0. The molecule has 4 nitrogen and oxygen atoms in total. The maximum Gasteiger partial charge on any atom is 0.245 e. The van der Waals surface area contributed by atoms with Crippen molar-refractivity contribution in [2.45, 2.75) is 36.7 Å². The Hall–Kier alpha value is -2.67. The largest absolute Gasteiger partial charge is 0.319 e. The average molecular weight is 483 g/mol. The van der Waals surface area contributed by atoms with E-state index >= 15 is 0 Å². The first-order chi connectivity index (χ1) is 15.8. The molecule has 1 heterocycles. The molecule has 3 aromatic rings. The molecule has 170 valence electrons. The molecule has 0 saturated heterocycles. The van der Waals surface area contributed by atoms with E-state index in [-0.39, 0.29) is 29.8 Å². The summed E-state index contributed by atoms with van der Waals surface area (Å²) in [5, 5.41) is 0.622. The molecule has 2 atom stereocenters. The Labute approximate surface area is 201 Å². The number of ketones is 1. The van der Waals surface area contributed by atoms with Crippen molar-refractivity contribution in [3.63, 3.8) is 0 Å². The highest BCUT2D eigenvalue weighted by Crippen LogP contribution is 2.36. The lowest BCUT2D eigenvalue weighted by Gasteiger charge is -2.25. The number of fused-ring (bicyclic) bond motifs is 1. The summed E-state index contributed by atoms with van der Waals surface area (Å²) in [4.78, 5) is 28.8. The lowest BCUT2D eigenvalue weighted by molar-refractivity contribution is -0.119. The number of hydrogen-bond acceptors (Lipinski definition) is 4. The van der Waals surface area contributed by atoms with Crippen LogP contribution in [0, 0.1) is 5.82 Å². The summed E-state index contributed by atoms with van der Waals surface area (Å²) in [6, 6.07) is 18.4. The quantitative estimate of drug-likeness (QED) is 0.449. The lowest BCUT2D eigenvalue weighted by atomic mass is 9.93. The molecular weight excluding hydrogens is 459 g/mol. The predicted octanol–water partition coefficient (Wildman–Crippen LogP) is 5.82. The Bertz CT molecular complexity index is 1170. The van der Waals surface area contributed by atoms with Crippen molar-refractivity contribution in [1.82, 2.24) is 0 Å². The van der Waals surface area contributed by atoms with E-state index in [0.717, 1.165) is 16.0 Å². The highest BCUT2D eigenvalue weighted by molar-refractivity contribution is 7.99. The second kappa shape index (κ2) is 10.1. The first kappa shape index (κ1) is 23.5. The molecule has 4 rings (SSSR count). The molecule has 1 aliphatic rings. The monoisotopic (exact) mass is 482 g/mol. The fourth-order valence-electron chi connectivity index (χ4n) is 3.83. The van der Waals surface area contributed by atoms with Crippen molar-refractivity contribution >= 4 is 40.7 Å². The molecule has 3 aromatic carbocycles. The molecule has 33 heavy (non-hydrogen) atoms. The molecule has 7 heteroatoms. The van der Waals surface area contributed by atoms with Crippen LogP contribution in [-0.4, -0.2) is 23.5 Å². The fraction of sp³-hybridized carbons (Fsp3) is 0.231. The van der Waals surface area contributed by atoms with Crippen molar-refractivity contribution in [2.24, 2.45) is 5.73 Å². The molecule has 0 aromatic heterocycles. The Balaban J connectivity index is 1.61. The standard InChI is InChI=1S/C26H24ClFN2O2S/c1-16(18-4-9-21(28)10-5-18)12-24(31)19-6-11-25-23(13-19)30(26(32)22(29)15-33-25)14-17-2-7-20(27)8-3-17/h2-11,13,16,22H,12,14-15,29H2,1H3/t16-,22-/m0/s1. The molecule has 0 fully saturated rings. The smallest absolute Gasteiger partial charge is 0.245 e. The number of amides is 1. The van der Waals surface area contributed by atoms with Gasteiger partial charge in [-0.1, -0.05) is 48.9 Å².